The molecule has 7 nitrogen and oxygen atoms in total. The minimum atomic E-state index is -7.86. The Labute approximate surface area is 282 Å². The van der Waals surface area contributed by atoms with Crippen molar-refractivity contribution in [3.05, 3.63) is 0 Å². The first kappa shape index (κ1) is 64.4. The van der Waals surface area contributed by atoms with E-state index in [1.165, 1.54) is 0 Å². The number of alkyl halides is 19. The lowest BCUT2D eigenvalue weighted by Crippen LogP contribution is -2.72. The number of hydrogen-bond donors (Lipinski definition) is 0. The van der Waals surface area contributed by atoms with Crippen molar-refractivity contribution in [2.75, 3.05) is 77.2 Å². The molecule has 51 heavy (non-hydrogen) atoms. The molecule has 0 aromatic carbocycles. The third kappa shape index (κ3) is 21.6. The van der Waals surface area contributed by atoms with Crippen molar-refractivity contribution in [3.8, 4) is 0 Å². The molecule has 2 atom stereocenters. The van der Waals surface area contributed by atoms with Gasteiger partial charge in [0.2, 0.25) is 0 Å². The maximum absolute atomic E-state index is 14.3. The van der Waals surface area contributed by atoms with E-state index in [9.17, 15) is 83.4 Å². The summed E-state index contributed by atoms with van der Waals surface area (Å²) in [7, 11) is 14.7. The topological polar surface area (TPSA) is 64.6 Å². The Hall–Kier alpha value is -1.61. The zero-order chi connectivity index (χ0) is 43.6. The summed E-state index contributed by atoms with van der Waals surface area (Å²) < 4.78 is 263. The number of rotatable bonds is 5. The molecule has 1 aliphatic heterocycles. The normalized spacial score (nSPS) is 20.5. The van der Waals surface area contributed by atoms with Gasteiger partial charge in [-0.25, -0.2) is 8.78 Å². The summed E-state index contributed by atoms with van der Waals surface area (Å²) in [5.74, 6) is -27.1. The molecule has 0 saturated carbocycles. The van der Waals surface area contributed by atoms with E-state index in [0.717, 1.165) is 6.61 Å². The molecule has 26 heteroatoms. The Morgan fingerprint density at radius 1 is 0.490 bits per heavy atom. The molecule has 320 valence electrons. The first-order chi connectivity index (χ1) is 22.5. The van der Waals surface area contributed by atoms with E-state index in [2.05, 4.69) is 33.2 Å². The van der Waals surface area contributed by atoms with Crippen LogP contribution >= 0.6 is 0 Å². The van der Waals surface area contributed by atoms with Crippen LogP contribution in [0.5, 0.6) is 0 Å². The molecule has 1 rings (SSSR count). The van der Waals surface area contributed by atoms with Crippen LogP contribution in [0.15, 0.2) is 0 Å². The highest BCUT2D eigenvalue weighted by Gasteiger charge is 3.00. The smallest absolute Gasteiger partial charge is 0.388 e. The lowest BCUT2D eigenvalue weighted by Gasteiger charge is -2.40. The molecule has 1 saturated heterocycles. The van der Waals surface area contributed by atoms with Crippen molar-refractivity contribution in [1.29, 1.82) is 0 Å². The average Bonchev–Trinajstić information content (AvgIpc) is 3.03. The van der Waals surface area contributed by atoms with Gasteiger partial charge in [-0.2, -0.15) is 57.1 Å². The van der Waals surface area contributed by atoms with Gasteiger partial charge in [0.1, 0.15) is 6.42 Å². The summed E-state index contributed by atoms with van der Waals surface area (Å²) in [5.41, 5.74) is -7.86. The van der Waals surface area contributed by atoms with E-state index in [1.807, 2.05) is 20.8 Å². The van der Waals surface area contributed by atoms with Crippen molar-refractivity contribution in [1.82, 2.24) is 0 Å². The predicted molar refractivity (Wildman–Crippen MR) is 144 cm³/mol. The number of methoxy groups -OCH3 is 5. The van der Waals surface area contributed by atoms with Crippen molar-refractivity contribution in [3.63, 3.8) is 0 Å². The Morgan fingerprint density at radius 2 is 0.725 bits per heavy atom. The SMILES string of the molecule is CC.CCOC.CCOC1(CC(F)(F)F)OC(F)(C(F)(C(F)(F)F)C(F)(F)F)C(F)(F)C1(F)F.COC.COC.COC.COC.FC(F)(F)F. The molecule has 0 amide bonds. The monoisotopic (exact) mass is 818 g/mol. The second-order valence-corrected chi connectivity index (χ2v) is 8.12. The largest absolute Gasteiger partial charge is 0.559 e. The third-order valence-corrected chi connectivity index (χ3v) is 3.91. The highest BCUT2D eigenvalue weighted by molar-refractivity contribution is 5.22. The molecule has 1 fully saturated rings. The molecule has 0 N–H and O–H groups in total. The van der Waals surface area contributed by atoms with Gasteiger partial charge in [-0.3, -0.25) is 4.74 Å². The Bertz CT molecular complexity index is 763. The third-order valence-electron chi connectivity index (χ3n) is 3.91. The quantitative estimate of drug-likeness (QED) is 0.256. The molecule has 1 aliphatic rings. The Balaban J connectivity index is -0.000000137. The van der Waals surface area contributed by atoms with Gasteiger partial charge in [-0.15, -0.1) is 17.6 Å². The van der Waals surface area contributed by atoms with Crippen molar-refractivity contribution in [2.24, 2.45) is 0 Å². The maximum Gasteiger partial charge on any atom is 0.559 e. The summed E-state index contributed by atoms with van der Waals surface area (Å²) in [6.07, 6.45) is -30.5. The van der Waals surface area contributed by atoms with Gasteiger partial charge in [0.25, 0.3) is 5.79 Å². The molecule has 0 radical (unpaired) electrons. The summed E-state index contributed by atoms with van der Waals surface area (Å²) in [6, 6.07) is 0. The fourth-order valence-corrected chi connectivity index (χ4v) is 2.42. The van der Waals surface area contributed by atoms with Gasteiger partial charge in [0, 0.05) is 77.2 Å². The van der Waals surface area contributed by atoms with Crippen LogP contribution in [-0.4, -0.2) is 131 Å². The van der Waals surface area contributed by atoms with Crippen LogP contribution in [0.2, 0.25) is 0 Å². The van der Waals surface area contributed by atoms with Crippen LogP contribution in [0.4, 0.5) is 83.4 Å². The molecule has 0 aromatic heterocycles. The lowest BCUT2D eigenvalue weighted by atomic mass is 9.87. The van der Waals surface area contributed by atoms with E-state index in [-0.39, 0.29) is 0 Å². The summed E-state index contributed by atoms with van der Waals surface area (Å²) in [6.45, 7) is 5.76. The van der Waals surface area contributed by atoms with Crippen molar-refractivity contribution < 1.29 is 117 Å². The zero-order valence-corrected chi connectivity index (χ0v) is 29.7. The summed E-state index contributed by atoms with van der Waals surface area (Å²) in [5, 5.41) is 0. The Kier molecular flexibility index (Phi) is 35.2. The van der Waals surface area contributed by atoms with Crippen LogP contribution in [0.25, 0.3) is 0 Å². The second kappa shape index (κ2) is 27.9. The lowest BCUT2D eigenvalue weighted by molar-refractivity contribution is -0.453. The van der Waals surface area contributed by atoms with E-state index in [1.54, 1.807) is 64.0 Å². The Morgan fingerprint density at radius 3 is 0.882 bits per heavy atom. The number of hydrogen-bond acceptors (Lipinski definition) is 7. The van der Waals surface area contributed by atoms with Crippen LogP contribution in [0, 0.1) is 0 Å². The maximum atomic E-state index is 14.3. The van der Waals surface area contributed by atoms with Crippen LogP contribution in [-0.2, 0) is 33.2 Å². The molecule has 2 unspecified atom stereocenters. The highest BCUT2D eigenvalue weighted by atomic mass is 19.5. The van der Waals surface area contributed by atoms with Crippen molar-refractivity contribution in [2.45, 2.75) is 88.2 Å². The molecule has 0 bridgehead atoms. The van der Waals surface area contributed by atoms with Gasteiger partial charge in [0.15, 0.2) is 0 Å². The molecular formula is C25H45F19O7. The first-order valence-electron chi connectivity index (χ1n) is 13.1. The van der Waals surface area contributed by atoms with Gasteiger partial charge in [-0.1, -0.05) is 13.8 Å². The van der Waals surface area contributed by atoms with Gasteiger partial charge < -0.3 is 28.4 Å². The van der Waals surface area contributed by atoms with E-state index < -0.39 is 67.1 Å². The van der Waals surface area contributed by atoms with Crippen LogP contribution in [0.3, 0.4) is 0 Å². The predicted octanol–water partition coefficient (Wildman–Crippen LogP) is 9.68. The highest BCUT2D eigenvalue weighted by Crippen LogP contribution is 2.70. The summed E-state index contributed by atoms with van der Waals surface area (Å²) >= 11 is 0. The van der Waals surface area contributed by atoms with Crippen LogP contribution in [0.1, 0.15) is 34.1 Å². The fraction of sp³-hybridized carbons (Fsp3) is 1.00. The molecule has 0 aromatic rings. The van der Waals surface area contributed by atoms with Gasteiger partial charge in [-0.05, 0) is 13.8 Å². The minimum Gasteiger partial charge on any atom is -0.388 e. The minimum absolute atomic E-state index is 0.490. The molecule has 0 spiro atoms. The number of ether oxygens (including phenoxy) is 7. The molecule has 1 heterocycles. The van der Waals surface area contributed by atoms with Gasteiger partial charge in [0.05, 0.1) is 0 Å². The first-order valence-corrected chi connectivity index (χ1v) is 13.1. The number of halogens is 19. The van der Waals surface area contributed by atoms with Crippen molar-refractivity contribution >= 4 is 0 Å². The average molecular weight is 819 g/mol. The molecular weight excluding hydrogens is 773 g/mol. The fourth-order valence-electron chi connectivity index (χ4n) is 2.42. The standard InChI is InChI=1S/C11H7F15O2.C3H8O.4C2H6O.C2H6.CF4/c1-2-27-4(3-5(12,13)14)7(16,17)8(18,19)9(20,28-4)6(15,10(21,22)23)11(24,25)26;1-3-4-2;4*1-3-2;1-2;2-1(3,4)5/h2-3H2,1H3;3H2,1-2H3;4*1-2H3;1-2H3;. The second-order valence-electron chi connectivity index (χ2n) is 8.12. The van der Waals surface area contributed by atoms with E-state index >= 15 is 0 Å². The van der Waals surface area contributed by atoms with E-state index in [0.29, 0.717) is 6.92 Å². The zero-order valence-electron chi connectivity index (χ0n) is 29.7. The summed E-state index contributed by atoms with van der Waals surface area (Å²) in [4.78, 5) is 0. The van der Waals surface area contributed by atoms with Gasteiger partial charge >= 0.3 is 48.3 Å². The molecule has 0 aliphatic carbocycles. The van der Waals surface area contributed by atoms with Crippen LogP contribution < -0.4 is 0 Å². The van der Waals surface area contributed by atoms with E-state index in [4.69, 9.17) is 0 Å².